The van der Waals surface area contributed by atoms with Gasteiger partial charge in [0, 0.05) is 17.5 Å². The Morgan fingerprint density at radius 2 is 1.52 bits per heavy atom. The molecule has 2 amide bonds. The Kier molecular flexibility index (Phi) is 9.84. The van der Waals surface area contributed by atoms with Crippen molar-refractivity contribution in [3.8, 4) is 0 Å². The maximum absolute atomic E-state index is 13.2. The van der Waals surface area contributed by atoms with Crippen molar-refractivity contribution in [2.24, 2.45) is 0 Å². The highest BCUT2D eigenvalue weighted by Crippen LogP contribution is 2.37. The lowest BCUT2D eigenvalue weighted by Crippen LogP contribution is -2.35. The lowest BCUT2D eigenvalue weighted by atomic mass is 9.98. The van der Waals surface area contributed by atoms with Crippen LogP contribution in [0.5, 0.6) is 0 Å². The number of carbonyl (C=O) groups excluding carboxylic acids is 2. The maximum atomic E-state index is 13.2. The molecule has 0 radical (unpaired) electrons. The molecule has 3 aromatic rings. The molecule has 3 aromatic carbocycles. The van der Waals surface area contributed by atoms with Crippen LogP contribution >= 0.6 is 23.4 Å². The fourth-order valence-corrected chi connectivity index (χ4v) is 4.90. The second-order valence-corrected chi connectivity index (χ2v) is 10.5. The largest absolute Gasteiger partial charge is 0.416 e. The van der Waals surface area contributed by atoms with Gasteiger partial charge in [-0.1, -0.05) is 29.8 Å². The van der Waals surface area contributed by atoms with Gasteiger partial charge in [-0.05, 0) is 79.6 Å². The highest BCUT2D eigenvalue weighted by atomic mass is 35.5. The summed E-state index contributed by atoms with van der Waals surface area (Å²) in [5, 5.41) is 5.59. The number of aryl methyl sites for hydroxylation is 1. The van der Waals surface area contributed by atoms with Gasteiger partial charge in [-0.25, -0.2) is 0 Å². The summed E-state index contributed by atoms with van der Waals surface area (Å²) >= 11 is 7.80. The molecule has 0 aliphatic heterocycles. The second kappa shape index (κ2) is 12.6. The first-order chi connectivity index (χ1) is 18.6. The number of benzene rings is 3. The molecule has 0 heterocycles. The SMILES string of the molecule is CSC[C@H](C)NC(=O)c1c(Cl)cccc1C(=O)Nc1ccc(Cc2cc(C(F)(F)F)cc(C(F)(F)F)c2)cc1C. The van der Waals surface area contributed by atoms with Crippen molar-refractivity contribution in [1.29, 1.82) is 0 Å². The first-order valence-corrected chi connectivity index (χ1v) is 13.6. The van der Waals surface area contributed by atoms with Gasteiger partial charge in [-0.3, -0.25) is 9.59 Å². The highest BCUT2D eigenvalue weighted by Gasteiger charge is 2.36. The van der Waals surface area contributed by atoms with E-state index in [1.165, 1.54) is 30.3 Å². The van der Waals surface area contributed by atoms with Gasteiger partial charge in [0.25, 0.3) is 11.8 Å². The van der Waals surface area contributed by atoms with Crippen LogP contribution in [0, 0.1) is 6.92 Å². The van der Waals surface area contributed by atoms with E-state index < -0.39 is 35.3 Å². The van der Waals surface area contributed by atoms with Crippen LogP contribution in [-0.2, 0) is 18.8 Å². The number of nitrogens with one attached hydrogen (secondary N) is 2. The summed E-state index contributed by atoms with van der Waals surface area (Å²) in [6.07, 6.45) is -8.19. The number of alkyl halides is 6. The first-order valence-electron chi connectivity index (χ1n) is 11.9. The third-order valence-corrected chi connectivity index (χ3v) is 7.02. The van der Waals surface area contributed by atoms with E-state index in [1.807, 2.05) is 13.2 Å². The van der Waals surface area contributed by atoms with Crippen molar-refractivity contribution in [3.05, 3.63) is 98.6 Å². The van der Waals surface area contributed by atoms with Crippen LogP contribution in [-0.4, -0.2) is 29.9 Å². The zero-order chi connectivity index (χ0) is 29.8. The monoisotopic (exact) mass is 602 g/mol. The number of hydrogen-bond donors (Lipinski definition) is 2. The van der Waals surface area contributed by atoms with Crippen LogP contribution in [0.25, 0.3) is 0 Å². The molecule has 214 valence electrons. The fourth-order valence-electron chi connectivity index (χ4n) is 4.05. The van der Waals surface area contributed by atoms with Crippen molar-refractivity contribution in [2.75, 3.05) is 17.3 Å². The van der Waals surface area contributed by atoms with Gasteiger partial charge in [0.05, 0.1) is 27.3 Å². The molecule has 0 bridgehead atoms. The Morgan fingerprint density at radius 1 is 0.900 bits per heavy atom. The molecule has 3 rings (SSSR count). The highest BCUT2D eigenvalue weighted by molar-refractivity contribution is 7.98. The average molecular weight is 603 g/mol. The van der Waals surface area contributed by atoms with Gasteiger partial charge in [0.15, 0.2) is 0 Å². The van der Waals surface area contributed by atoms with Gasteiger partial charge in [-0.15, -0.1) is 0 Å². The summed E-state index contributed by atoms with van der Waals surface area (Å²) < 4.78 is 79.3. The molecule has 12 heteroatoms. The number of carbonyl (C=O) groups is 2. The number of hydrogen-bond acceptors (Lipinski definition) is 3. The summed E-state index contributed by atoms with van der Waals surface area (Å²) in [5.74, 6) is -0.473. The molecule has 40 heavy (non-hydrogen) atoms. The number of halogens is 7. The van der Waals surface area contributed by atoms with Crippen molar-refractivity contribution in [1.82, 2.24) is 5.32 Å². The van der Waals surface area contributed by atoms with E-state index >= 15 is 0 Å². The molecule has 4 nitrogen and oxygen atoms in total. The molecular formula is C28H25ClF6N2O2S. The lowest BCUT2D eigenvalue weighted by molar-refractivity contribution is -0.143. The Morgan fingerprint density at radius 3 is 2.08 bits per heavy atom. The van der Waals surface area contributed by atoms with E-state index in [-0.39, 0.29) is 40.2 Å². The topological polar surface area (TPSA) is 58.2 Å². The quantitative estimate of drug-likeness (QED) is 0.257. The van der Waals surface area contributed by atoms with Crippen molar-refractivity contribution < 1.29 is 35.9 Å². The van der Waals surface area contributed by atoms with E-state index in [2.05, 4.69) is 10.6 Å². The van der Waals surface area contributed by atoms with Crippen molar-refractivity contribution in [3.63, 3.8) is 0 Å². The minimum atomic E-state index is -4.94. The number of anilines is 1. The molecule has 0 aromatic heterocycles. The number of amides is 2. The second-order valence-electron chi connectivity index (χ2n) is 9.19. The Balaban J connectivity index is 1.85. The molecule has 0 spiro atoms. The lowest BCUT2D eigenvalue weighted by Gasteiger charge is -2.17. The Labute approximate surface area is 236 Å². The van der Waals surface area contributed by atoms with Crippen LogP contribution in [0.4, 0.5) is 32.0 Å². The van der Waals surface area contributed by atoms with Gasteiger partial charge in [0.2, 0.25) is 0 Å². The minimum Gasteiger partial charge on any atom is -0.349 e. The molecule has 0 aliphatic carbocycles. The van der Waals surface area contributed by atoms with Crippen LogP contribution in [0.3, 0.4) is 0 Å². The molecule has 0 saturated carbocycles. The van der Waals surface area contributed by atoms with Gasteiger partial charge < -0.3 is 10.6 Å². The van der Waals surface area contributed by atoms with Gasteiger partial charge in [-0.2, -0.15) is 38.1 Å². The third-order valence-electron chi connectivity index (χ3n) is 5.87. The molecule has 0 fully saturated rings. The van der Waals surface area contributed by atoms with Gasteiger partial charge in [0.1, 0.15) is 0 Å². The summed E-state index contributed by atoms with van der Waals surface area (Å²) in [5.41, 5.74) is -1.60. The molecule has 0 aliphatic rings. The smallest absolute Gasteiger partial charge is 0.349 e. The zero-order valence-electron chi connectivity index (χ0n) is 21.6. The fraction of sp³-hybridized carbons (Fsp3) is 0.286. The standard InChI is InChI=1S/C28H25ClF6N2O2S/c1-15-9-17(10-18-11-19(27(30,31)32)13-20(12-18)28(33,34)35)7-8-23(15)37-25(38)21-5-4-6-22(29)24(21)26(39)36-16(2)14-40-3/h4-9,11-13,16H,10,14H2,1-3H3,(H,36,39)(H,37,38)/t16-/m0/s1. The van der Waals surface area contributed by atoms with Crippen LogP contribution in [0.1, 0.15) is 55.5 Å². The van der Waals surface area contributed by atoms with Crippen LogP contribution in [0.15, 0.2) is 54.6 Å². The molecule has 0 unspecified atom stereocenters. The van der Waals surface area contributed by atoms with Crippen LogP contribution < -0.4 is 10.6 Å². The Bertz CT molecular complexity index is 1380. The van der Waals surface area contributed by atoms with Crippen molar-refractivity contribution >= 4 is 40.9 Å². The predicted octanol–water partition coefficient (Wildman–Crippen LogP) is 8.01. The summed E-state index contributed by atoms with van der Waals surface area (Å²) in [7, 11) is 0. The summed E-state index contributed by atoms with van der Waals surface area (Å²) in [4.78, 5) is 26.0. The minimum absolute atomic E-state index is 0.00825. The van der Waals surface area contributed by atoms with E-state index in [9.17, 15) is 35.9 Å². The molecule has 2 N–H and O–H groups in total. The van der Waals surface area contributed by atoms with Gasteiger partial charge >= 0.3 is 12.4 Å². The molecular weight excluding hydrogens is 578 g/mol. The molecule has 1 atom stereocenters. The molecule has 0 saturated heterocycles. The third kappa shape index (κ3) is 7.94. The zero-order valence-corrected chi connectivity index (χ0v) is 23.1. The van der Waals surface area contributed by atoms with Crippen LogP contribution in [0.2, 0.25) is 5.02 Å². The van der Waals surface area contributed by atoms with Crippen molar-refractivity contribution in [2.45, 2.75) is 38.7 Å². The first kappa shape index (κ1) is 31.3. The normalized spacial score (nSPS) is 12.7. The summed E-state index contributed by atoms with van der Waals surface area (Å²) in [6.45, 7) is 3.45. The summed E-state index contributed by atoms with van der Waals surface area (Å²) in [6, 6.07) is 10.3. The van der Waals surface area contributed by atoms with E-state index in [0.29, 0.717) is 34.7 Å². The van der Waals surface area contributed by atoms with E-state index in [0.717, 1.165) is 0 Å². The average Bonchev–Trinajstić information content (AvgIpc) is 2.84. The van der Waals surface area contributed by atoms with E-state index in [1.54, 1.807) is 24.8 Å². The maximum Gasteiger partial charge on any atom is 0.416 e. The predicted molar refractivity (Wildman–Crippen MR) is 145 cm³/mol. The van der Waals surface area contributed by atoms with E-state index in [4.69, 9.17) is 11.6 Å². The number of thioether (sulfide) groups is 1. The Hall–Kier alpha value is -3.18. The number of rotatable bonds is 8.